The normalized spacial score (nSPS) is 27.5. The van der Waals surface area contributed by atoms with Crippen LogP contribution in [0.1, 0.15) is 46.5 Å². The molecule has 0 saturated carbocycles. The highest BCUT2D eigenvalue weighted by Gasteiger charge is 2.37. The second-order valence-corrected chi connectivity index (χ2v) is 9.52. The summed E-state index contributed by atoms with van der Waals surface area (Å²) in [5.74, 6) is -0.186. The first-order chi connectivity index (χ1) is 10.6. The van der Waals surface area contributed by atoms with Crippen molar-refractivity contribution < 1.29 is 22.7 Å². The van der Waals surface area contributed by atoms with Crippen molar-refractivity contribution in [3.8, 4) is 0 Å². The van der Waals surface area contributed by atoms with E-state index < -0.39 is 27.6 Å². The van der Waals surface area contributed by atoms with E-state index in [9.17, 15) is 18.0 Å². The fraction of sp³-hybridized carbons (Fsp3) is 0.867. The summed E-state index contributed by atoms with van der Waals surface area (Å²) < 4.78 is 28.4. The van der Waals surface area contributed by atoms with Gasteiger partial charge in [0.15, 0.2) is 9.84 Å². The molecule has 0 spiro atoms. The molecule has 1 N–H and O–H groups in total. The van der Waals surface area contributed by atoms with Crippen LogP contribution < -0.4 is 5.32 Å². The molecule has 2 saturated heterocycles. The van der Waals surface area contributed by atoms with Crippen LogP contribution in [0, 0.1) is 0 Å². The zero-order valence-electron chi connectivity index (χ0n) is 14.0. The van der Waals surface area contributed by atoms with Crippen LogP contribution in [0.3, 0.4) is 0 Å². The highest BCUT2D eigenvalue weighted by atomic mass is 32.2. The number of amides is 2. The number of hydrogen-bond acceptors (Lipinski definition) is 5. The molecular weight excluding hydrogens is 320 g/mol. The maximum absolute atomic E-state index is 12.5. The van der Waals surface area contributed by atoms with Gasteiger partial charge in [0.2, 0.25) is 5.91 Å². The Morgan fingerprint density at radius 3 is 2.43 bits per heavy atom. The van der Waals surface area contributed by atoms with Crippen molar-refractivity contribution in [3.05, 3.63) is 0 Å². The average molecular weight is 346 g/mol. The molecule has 0 bridgehead atoms. The van der Waals surface area contributed by atoms with Crippen molar-refractivity contribution in [2.24, 2.45) is 0 Å². The number of sulfone groups is 1. The molecule has 8 heteroatoms. The molecule has 2 atom stereocenters. The van der Waals surface area contributed by atoms with Crippen LogP contribution in [0.25, 0.3) is 0 Å². The van der Waals surface area contributed by atoms with E-state index >= 15 is 0 Å². The SMILES string of the molecule is CC(C)(C)OC(=O)N1CCCC[C@@H]1C(=O)N[C@@H]1CCS(=O)(=O)C1. The molecular formula is C15H26N2O5S. The van der Waals surface area contributed by atoms with E-state index in [1.54, 1.807) is 20.8 Å². The van der Waals surface area contributed by atoms with Crippen LogP contribution in [0.4, 0.5) is 4.79 Å². The monoisotopic (exact) mass is 346 g/mol. The van der Waals surface area contributed by atoms with Crippen molar-refractivity contribution in [3.63, 3.8) is 0 Å². The number of nitrogens with zero attached hydrogens (tertiary/aromatic N) is 1. The van der Waals surface area contributed by atoms with Crippen molar-refractivity contribution in [1.82, 2.24) is 10.2 Å². The number of piperidine rings is 1. The second kappa shape index (κ2) is 6.67. The smallest absolute Gasteiger partial charge is 0.410 e. The van der Waals surface area contributed by atoms with Gasteiger partial charge < -0.3 is 10.1 Å². The summed E-state index contributed by atoms with van der Waals surface area (Å²) in [6.45, 7) is 5.84. The molecule has 0 aromatic carbocycles. The molecule has 0 aliphatic carbocycles. The summed E-state index contributed by atoms with van der Waals surface area (Å²) >= 11 is 0. The summed E-state index contributed by atoms with van der Waals surface area (Å²) in [5, 5.41) is 2.78. The van der Waals surface area contributed by atoms with Gasteiger partial charge in [0, 0.05) is 12.6 Å². The van der Waals surface area contributed by atoms with E-state index in [0.29, 0.717) is 19.4 Å². The van der Waals surface area contributed by atoms with Crippen molar-refractivity contribution >= 4 is 21.8 Å². The van der Waals surface area contributed by atoms with Gasteiger partial charge in [-0.25, -0.2) is 13.2 Å². The molecule has 132 valence electrons. The minimum absolute atomic E-state index is 0.0160. The number of nitrogens with one attached hydrogen (secondary N) is 1. The highest BCUT2D eigenvalue weighted by Crippen LogP contribution is 2.21. The molecule has 2 rings (SSSR count). The Labute approximate surface area is 137 Å². The molecule has 0 radical (unpaired) electrons. The van der Waals surface area contributed by atoms with Crippen molar-refractivity contribution in [2.45, 2.75) is 64.1 Å². The maximum atomic E-state index is 12.5. The van der Waals surface area contributed by atoms with Crippen LogP contribution in [0.15, 0.2) is 0 Å². The summed E-state index contributed by atoms with van der Waals surface area (Å²) in [5.41, 5.74) is -0.616. The van der Waals surface area contributed by atoms with Crippen molar-refractivity contribution in [2.75, 3.05) is 18.1 Å². The summed E-state index contributed by atoms with van der Waals surface area (Å²) in [7, 11) is -3.05. The lowest BCUT2D eigenvalue weighted by molar-refractivity contribution is -0.128. The number of carbonyl (C=O) groups excluding carboxylic acids is 2. The van der Waals surface area contributed by atoms with Gasteiger partial charge in [-0.2, -0.15) is 0 Å². The molecule has 2 fully saturated rings. The summed E-state index contributed by atoms with van der Waals surface area (Å²) in [4.78, 5) is 26.3. The molecule has 2 amide bonds. The van der Waals surface area contributed by atoms with Gasteiger partial charge >= 0.3 is 6.09 Å². The summed E-state index contributed by atoms with van der Waals surface area (Å²) in [6.07, 6.45) is 2.22. The first-order valence-corrected chi connectivity index (χ1v) is 9.90. The van der Waals surface area contributed by atoms with E-state index in [1.165, 1.54) is 4.90 Å². The number of likely N-dealkylation sites (tertiary alicyclic amines) is 1. The molecule has 0 aromatic heterocycles. The number of hydrogen-bond donors (Lipinski definition) is 1. The summed E-state index contributed by atoms with van der Waals surface area (Å²) in [6, 6.07) is -0.934. The van der Waals surface area contributed by atoms with Gasteiger partial charge in [0.25, 0.3) is 0 Å². The Morgan fingerprint density at radius 1 is 1.17 bits per heavy atom. The third kappa shape index (κ3) is 5.09. The zero-order valence-corrected chi connectivity index (χ0v) is 14.8. The lowest BCUT2D eigenvalue weighted by Gasteiger charge is -2.36. The molecule has 2 heterocycles. The predicted molar refractivity (Wildman–Crippen MR) is 85.8 cm³/mol. The van der Waals surface area contributed by atoms with Crippen LogP contribution in [0.2, 0.25) is 0 Å². The molecule has 2 aliphatic rings. The van der Waals surface area contributed by atoms with Gasteiger partial charge in [-0.3, -0.25) is 9.69 Å². The van der Waals surface area contributed by atoms with E-state index in [2.05, 4.69) is 5.32 Å². The Hall–Kier alpha value is -1.31. The van der Waals surface area contributed by atoms with Gasteiger partial charge in [0.05, 0.1) is 11.5 Å². The van der Waals surface area contributed by atoms with E-state index in [4.69, 9.17) is 4.74 Å². The second-order valence-electron chi connectivity index (χ2n) is 7.29. The molecule has 2 aliphatic heterocycles. The largest absolute Gasteiger partial charge is 0.444 e. The minimum atomic E-state index is -3.05. The number of rotatable bonds is 2. The molecule has 23 heavy (non-hydrogen) atoms. The molecule has 0 aromatic rings. The van der Waals surface area contributed by atoms with Crippen molar-refractivity contribution in [1.29, 1.82) is 0 Å². The maximum Gasteiger partial charge on any atom is 0.410 e. The fourth-order valence-electron chi connectivity index (χ4n) is 2.95. The number of carbonyl (C=O) groups is 2. The first-order valence-electron chi connectivity index (χ1n) is 8.08. The van der Waals surface area contributed by atoms with Crippen LogP contribution in [0.5, 0.6) is 0 Å². The minimum Gasteiger partial charge on any atom is -0.444 e. The van der Waals surface area contributed by atoms with Crippen LogP contribution >= 0.6 is 0 Å². The Morgan fingerprint density at radius 2 is 1.87 bits per heavy atom. The molecule has 7 nitrogen and oxygen atoms in total. The third-order valence-electron chi connectivity index (χ3n) is 4.01. The fourth-order valence-corrected chi connectivity index (χ4v) is 4.62. The van der Waals surface area contributed by atoms with E-state index in [0.717, 1.165) is 12.8 Å². The Balaban J connectivity index is 2.00. The third-order valence-corrected chi connectivity index (χ3v) is 5.78. The van der Waals surface area contributed by atoms with Gasteiger partial charge in [0.1, 0.15) is 11.6 Å². The highest BCUT2D eigenvalue weighted by molar-refractivity contribution is 7.91. The molecule has 0 unspecified atom stereocenters. The average Bonchev–Trinajstić information content (AvgIpc) is 2.76. The van der Waals surface area contributed by atoms with E-state index in [-0.39, 0.29) is 23.5 Å². The first kappa shape index (κ1) is 18.0. The quantitative estimate of drug-likeness (QED) is 0.807. The number of ether oxygens (including phenoxy) is 1. The van der Waals surface area contributed by atoms with E-state index in [1.807, 2.05) is 0 Å². The van der Waals surface area contributed by atoms with Gasteiger partial charge in [-0.1, -0.05) is 0 Å². The Kier molecular flexibility index (Phi) is 5.23. The predicted octanol–water partition coefficient (Wildman–Crippen LogP) is 1.08. The lowest BCUT2D eigenvalue weighted by Crippen LogP contribution is -2.54. The van der Waals surface area contributed by atoms with Crippen LogP contribution in [-0.4, -0.2) is 61.1 Å². The lowest BCUT2D eigenvalue weighted by atomic mass is 10.0. The topological polar surface area (TPSA) is 92.8 Å². The van der Waals surface area contributed by atoms with Gasteiger partial charge in [-0.15, -0.1) is 0 Å². The van der Waals surface area contributed by atoms with Crippen LogP contribution in [-0.2, 0) is 19.4 Å². The Bertz CT molecular complexity index is 567. The standard InChI is InChI=1S/C15H26N2O5S/c1-15(2,3)22-14(19)17-8-5-4-6-12(17)13(18)16-11-7-9-23(20,21)10-11/h11-12H,4-10H2,1-3H3,(H,16,18)/t11-,12-/m1/s1. The zero-order chi connectivity index (χ0) is 17.3. The van der Waals surface area contributed by atoms with Gasteiger partial charge in [-0.05, 0) is 46.5 Å².